The van der Waals surface area contributed by atoms with Crippen LogP contribution in [0.5, 0.6) is 0 Å². The van der Waals surface area contributed by atoms with Gasteiger partial charge in [0.2, 0.25) is 5.91 Å². The van der Waals surface area contributed by atoms with Crippen molar-refractivity contribution in [3.8, 4) is 0 Å². The molecule has 1 aliphatic heterocycles. The first-order valence-electron chi connectivity index (χ1n) is 8.19. The molecule has 1 N–H and O–H groups in total. The first-order chi connectivity index (χ1) is 11.0. The Kier molecular flexibility index (Phi) is 7.15. The third-order valence-electron chi connectivity index (χ3n) is 4.08. The van der Waals surface area contributed by atoms with E-state index in [1.807, 2.05) is 32.3 Å². The second-order valence-electron chi connectivity index (χ2n) is 6.21. The molecule has 1 fully saturated rings. The van der Waals surface area contributed by atoms with E-state index in [0.717, 1.165) is 44.3 Å². The quantitative estimate of drug-likeness (QED) is 0.818. The second kappa shape index (κ2) is 9.11. The van der Waals surface area contributed by atoms with Crippen LogP contribution in [0, 0.1) is 0 Å². The molecule has 0 spiro atoms. The predicted octanol–water partition coefficient (Wildman–Crippen LogP) is 1.53. The zero-order chi connectivity index (χ0) is 16.7. The SMILES string of the molecule is CN(C)CCNC(=O)CCN1CCN(c2cccc(Cl)c2)CC1. The molecular formula is C17H27ClN4O. The van der Waals surface area contributed by atoms with E-state index >= 15 is 0 Å². The topological polar surface area (TPSA) is 38.8 Å². The van der Waals surface area contributed by atoms with Crippen molar-refractivity contribution in [3.05, 3.63) is 29.3 Å². The summed E-state index contributed by atoms with van der Waals surface area (Å²) in [5.41, 5.74) is 1.18. The lowest BCUT2D eigenvalue weighted by atomic mass is 10.2. The molecule has 6 heteroatoms. The highest BCUT2D eigenvalue weighted by atomic mass is 35.5. The average molecular weight is 339 g/mol. The fourth-order valence-corrected chi connectivity index (χ4v) is 2.85. The standard InChI is InChI=1S/C17H27ClN4O/c1-20(2)9-7-19-17(23)6-8-21-10-12-22(13-11-21)16-5-3-4-15(18)14-16/h3-5,14H,6-13H2,1-2H3,(H,19,23). The van der Waals surface area contributed by atoms with Gasteiger partial charge in [-0.15, -0.1) is 0 Å². The van der Waals surface area contributed by atoms with Gasteiger partial charge >= 0.3 is 0 Å². The molecule has 1 aromatic carbocycles. The number of carbonyl (C=O) groups is 1. The maximum absolute atomic E-state index is 11.8. The molecule has 1 aliphatic rings. The number of halogens is 1. The number of anilines is 1. The van der Waals surface area contributed by atoms with Crippen molar-refractivity contribution < 1.29 is 4.79 Å². The number of piperazine rings is 1. The molecule has 23 heavy (non-hydrogen) atoms. The molecular weight excluding hydrogens is 312 g/mol. The first kappa shape index (κ1) is 18.0. The summed E-state index contributed by atoms with van der Waals surface area (Å²) < 4.78 is 0. The highest BCUT2D eigenvalue weighted by molar-refractivity contribution is 6.30. The Bertz CT molecular complexity index is 501. The zero-order valence-electron chi connectivity index (χ0n) is 14.1. The van der Waals surface area contributed by atoms with Crippen LogP contribution in [0.2, 0.25) is 5.02 Å². The molecule has 0 aromatic heterocycles. The molecule has 1 aromatic rings. The molecule has 5 nitrogen and oxygen atoms in total. The van der Waals surface area contributed by atoms with Gasteiger partial charge in [-0.3, -0.25) is 9.69 Å². The molecule has 0 atom stereocenters. The van der Waals surface area contributed by atoms with Crippen LogP contribution in [0.15, 0.2) is 24.3 Å². The second-order valence-corrected chi connectivity index (χ2v) is 6.65. The lowest BCUT2D eigenvalue weighted by molar-refractivity contribution is -0.121. The number of rotatable bonds is 7. The van der Waals surface area contributed by atoms with Crippen molar-refractivity contribution in [1.82, 2.24) is 15.1 Å². The monoisotopic (exact) mass is 338 g/mol. The molecule has 1 amide bonds. The number of likely N-dealkylation sites (N-methyl/N-ethyl adjacent to an activating group) is 1. The fourth-order valence-electron chi connectivity index (χ4n) is 2.67. The summed E-state index contributed by atoms with van der Waals surface area (Å²) in [5.74, 6) is 0.143. The van der Waals surface area contributed by atoms with E-state index in [9.17, 15) is 4.79 Å². The summed E-state index contributed by atoms with van der Waals surface area (Å²) in [6.45, 7) is 6.34. The Balaban J connectivity index is 1.66. The number of carbonyl (C=O) groups excluding carboxylic acids is 1. The number of amides is 1. The van der Waals surface area contributed by atoms with Crippen molar-refractivity contribution in [1.29, 1.82) is 0 Å². The Hall–Kier alpha value is -1.30. The molecule has 0 aliphatic carbocycles. The average Bonchev–Trinajstić information content (AvgIpc) is 2.53. The van der Waals surface area contributed by atoms with Crippen LogP contribution in [0.1, 0.15) is 6.42 Å². The third-order valence-corrected chi connectivity index (χ3v) is 4.32. The van der Waals surface area contributed by atoms with Crippen molar-refractivity contribution in [2.24, 2.45) is 0 Å². The first-order valence-corrected chi connectivity index (χ1v) is 8.56. The van der Waals surface area contributed by atoms with Crippen LogP contribution in [0.4, 0.5) is 5.69 Å². The van der Waals surface area contributed by atoms with Crippen LogP contribution in [-0.4, -0.2) is 75.6 Å². The Labute approximate surface area is 144 Å². The lowest BCUT2D eigenvalue weighted by Crippen LogP contribution is -2.47. The largest absolute Gasteiger partial charge is 0.369 e. The van der Waals surface area contributed by atoms with Gasteiger partial charge in [0.15, 0.2) is 0 Å². The van der Waals surface area contributed by atoms with Gasteiger partial charge in [0, 0.05) is 62.9 Å². The van der Waals surface area contributed by atoms with Gasteiger partial charge in [-0.25, -0.2) is 0 Å². The summed E-state index contributed by atoms with van der Waals surface area (Å²) in [6, 6.07) is 7.99. The highest BCUT2D eigenvalue weighted by Gasteiger charge is 2.17. The number of benzene rings is 1. The summed E-state index contributed by atoms with van der Waals surface area (Å²) in [6.07, 6.45) is 0.574. The van der Waals surface area contributed by atoms with Gasteiger partial charge in [0.05, 0.1) is 0 Å². The van der Waals surface area contributed by atoms with E-state index in [4.69, 9.17) is 11.6 Å². The minimum atomic E-state index is 0.143. The number of nitrogens with one attached hydrogen (secondary N) is 1. The molecule has 1 saturated heterocycles. The Morgan fingerprint density at radius 3 is 2.65 bits per heavy atom. The van der Waals surface area contributed by atoms with Crippen molar-refractivity contribution in [2.45, 2.75) is 6.42 Å². The van der Waals surface area contributed by atoms with E-state index in [1.165, 1.54) is 5.69 Å². The molecule has 0 saturated carbocycles. The van der Waals surface area contributed by atoms with Gasteiger partial charge in [-0.2, -0.15) is 0 Å². The minimum Gasteiger partial charge on any atom is -0.369 e. The summed E-state index contributed by atoms with van der Waals surface area (Å²) in [4.78, 5) is 18.6. The van der Waals surface area contributed by atoms with Crippen LogP contribution in [-0.2, 0) is 4.79 Å². The number of hydrogen-bond donors (Lipinski definition) is 1. The molecule has 0 bridgehead atoms. The minimum absolute atomic E-state index is 0.143. The molecule has 1 heterocycles. The number of hydrogen-bond acceptors (Lipinski definition) is 4. The van der Waals surface area contributed by atoms with Crippen molar-refractivity contribution >= 4 is 23.2 Å². The molecule has 128 valence electrons. The lowest BCUT2D eigenvalue weighted by Gasteiger charge is -2.36. The smallest absolute Gasteiger partial charge is 0.221 e. The maximum atomic E-state index is 11.8. The normalized spacial score (nSPS) is 15.9. The van der Waals surface area contributed by atoms with Gasteiger partial charge in [0.25, 0.3) is 0 Å². The van der Waals surface area contributed by atoms with Crippen LogP contribution >= 0.6 is 11.6 Å². The van der Waals surface area contributed by atoms with Gasteiger partial charge < -0.3 is 15.1 Å². The van der Waals surface area contributed by atoms with Crippen LogP contribution in [0.3, 0.4) is 0 Å². The van der Waals surface area contributed by atoms with E-state index in [0.29, 0.717) is 13.0 Å². The summed E-state index contributed by atoms with van der Waals surface area (Å²) in [5, 5.41) is 3.74. The Morgan fingerprint density at radius 2 is 2.00 bits per heavy atom. The third kappa shape index (κ3) is 6.37. The summed E-state index contributed by atoms with van der Waals surface area (Å²) in [7, 11) is 4.01. The molecule has 2 rings (SSSR count). The van der Waals surface area contributed by atoms with Gasteiger partial charge in [-0.1, -0.05) is 17.7 Å². The summed E-state index contributed by atoms with van der Waals surface area (Å²) >= 11 is 6.05. The molecule has 0 radical (unpaired) electrons. The van der Waals surface area contributed by atoms with E-state index in [1.54, 1.807) is 0 Å². The molecule has 0 unspecified atom stereocenters. The predicted molar refractivity (Wildman–Crippen MR) is 96.3 cm³/mol. The maximum Gasteiger partial charge on any atom is 0.221 e. The van der Waals surface area contributed by atoms with Gasteiger partial charge in [0.1, 0.15) is 0 Å². The van der Waals surface area contributed by atoms with Gasteiger partial charge in [-0.05, 0) is 32.3 Å². The Morgan fingerprint density at radius 1 is 1.26 bits per heavy atom. The van der Waals surface area contributed by atoms with Crippen LogP contribution in [0.25, 0.3) is 0 Å². The van der Waals surface area contributed by atoms with Crippen LogP contribution < -0.4 is 10.2 Å². The van der Waals surface area contributed by atoms with E-state index in [-0.39, 0.29) is 5.91 Å². The van der Waals surface area contributed by atoms with Crippen molar-refractivity contribution in [2.75, 3.05) is 64.8 Å². The number of nitrogens with zero attached hydrogens (tertiary/aromatic N) is 3. The highest BCUT2D eigenvalue weighted by Crippen LogP contribution is 2.20. The van der Waals surface area contributed by atoms with E-state index < -0.39 is 0 Å². The zero-order valence-corrected chi connectivity index (χ0v) is 14.9. The fraction of sp³-hybridized carbons (Fsp3) is 0.588. The van der Waals surface area contributed by atoms with Crippen molar-refractivity contribution in [3.63, 3.8) is 0 Å². The van der Waals surface area contributed by atoms with E-state index in [2.05, 4.69) is 26.1 Å².